The zero-order valence-corrected chi connectivity index (χ0v) is 17.5. The van der Waals surface area contributed by atoms with Crippen LogP contribution < -0.4 is 5.32 Å². The average Bonchev–Trinajstić information content (AvgIpc) is 3.44. The minimum absolute atomic E-state index is 0.0657. The van der Waals surface area contributed by atoms with Crippen LogP contribution >= 0.6 is 11.3 Å². The molecule has 8 heteroatoms. The number of halogens is 2. The van der Waals surface area contributed by atoms with Gasteiger partial charge in [-0.2, -0.15) is 0 Å². The first-order valence-electron chi connectivity index (χ1n) is 10.3. The predicted molar refractivity (Wildman–Crippen MR) is 111 cm³/mol. The molecule has 0 aliphatic carbocycles. The summed E-state index contributed by atoms with van der Waals surface area (Å²) in [6.45, 7) is 2.71. The van der Waals surface area contributed by atoms with Gasteiger partial charge in [0.15, 0.2) is 11.6 Å². The number of benzene rings is 1. The molecule has 2 aliphatic heterocycles. The Morgan fingerprint density at radius 2 is 1.87 bits per heavy atom. The van der Waals surface area contributed by atoms with Gasteiger partial charge in [-0.25, -0.2) is 8.78 Å². The molecule has 2 fully saturated rings. The van der Waals surface area contributed by atoms with E-state index in [0.29, 0.717) is 24.4 Å². The standard InChI is InChI=1S/C22H25F2N3O2S/c23-17-6-5-15(13-18(17)24)14-26-10-7-16(8-11-26)25-21(28)19-3-1-9-27(19)22(29)20-4-2-12-30-20/h2,4-6,12-13,16,19H,1,3,7-11,14H2,(H,25,28)/t19-/m0/s1. The molecule has 0 unspecified atom stereocenters. The fraction of sp³-hybridized carbons (Fsp3) is 0.455. The molecule has 1 aromatic carbocycles. The summed E-state index contributed by atoms with van der Waals surface area (Å²) in [6.07, 6.45) is 3.11. The predicted octanol–water partition coefficient (Wildman–Crippen LogP) is 3.41. The van der Waals surface area contributed by atoms with Gasteiger partial charge in [0.1, 0.15) is 6.04 Å². The molecule has 2 aromatic rings. The van der Waals surface area contributed by atoms with E-state index in [9.17, 15) is 18.4 Å². The number of likely N-dealkylation sites (tertiary alicyclic amines) is 2. The molecular weight excluding hydrogens is 408 g/mol. The fourth-order valence-corrected chi connectivity index (χ4v) is 4.93. The Labute approximate surface area is 178 Å². The minimum atomic E-state index is -0.835. The quantitative estimate of drug-likeness (QED) is 0.786. The first-order chi connectivity index (χ1) is 14.5. The number of piperidine rings is 1. The lowest BCUT2D eigenvalue weighted by atomic mass is 10.0. The van der Waals surface area contributed by atoms with Gasteiger partial charge in [-0.05, 0) is 54.8 Å². The maximum atomic E-state index is 13.4. The van der Waals surface area contributed by atoms with E-state index >= 15 is 0 Å². The van der Waals surface area contributed by atoms with E-state index in [4.69, 9.17) is 0 Å². The molecular formula is C22H25F2N3O2S. The summed E-state index contributed by atoms with van der Waals surface area (Å²) in [5, 5.41) is 4.99. The topological polar surface area (TPSA) is 52.7 Å². The molecule has 2 amide bonds. The molecule has 1 aromatic heterocycles. The van der Waals surface area contributed by atoms with Crippen molar-refractivity contribution in [3.8, 4) is 0 Å². The molecule has 0 spiro atoms. The summed E-state index contributed by atoms with van der Waals surface area (Å²) in [7, 11) is 0. The molecule has 2 aliphatic rings. The second-order valence-electron chi connectivity index (χ2n) is 7.94. The lowest BCUT2D eigenvalue weighted by Gasteiger charge is -2.33. The van der Waals surface area contributed by atoms with Crippen molar-refractivity contribution in [3.63, 3.8) is 0 Å². The van der Waals surface area contributed by atoms with Gasteiger partial charge in [-0.1, -0.05) is 12.1 Å². The van der Waals surface area contributed by atoms with Gasteiger partial charge >= 0.3 is 0 Å². The van der Waals surface area contributed by atoms with Crippen LogP contribution in [0.25, 0.3) is 0 Å². The van der Waals surface area contributed by atoms with E-state index in [2.05, 4.69) is 10.2 Å². The summed E-state index contributed by atoms with van der Waals surface area (Å²) in [5.74, 6) is -1.80. The second-order valence-corrected chi connectivity index (χ2v) is 8.89. The highest BCUT2D eigenvalue weighted by molar-refractivity contribution is 7.12. The van der Waals surface area contributed by atoms with Gasteiger partial charge in [0.2, 0.25) is 5.91 Å². The Morgan fingerprint density at radius 1 is 1.07 bits per heavy atom. The molecule has 160 valence electrons. The van der Waals surface area contributed by atoms with Gasteiger partial charge in [0.05, 0.1) is 4.88 Å². The first-order valence-corrected chi connectivity index (χ1v) is 11.2. The third-order valence-corrected chi connectivity index (χ3v) is 6.73. The van der Waals surface area contributed by atoms with Crippen molar-refractivity contribution in [3.05, 3.63) is 57.8 Å². The molecule has 0 radical (unpaired) electrons. The second kappa shape index (κ2) is 9.22. The Hall–Kier alpha value is -2.32. The zero-order valence-electron chi connectivity index (χ0n) is 16.7. The van der Waals surface area contributed by atoms with Crippen LogP contribution in [-0.2, 0) is 11.3 Å². The van der Waals surface area contributed by atoms with Crippen molar-refractivity contribution in [2.24, 2.45) is 0 Å². The normalized spacial score (nSPS) is 20.5. The third-order valence-electron chi connectivity index (χ3n) is 5.87. The SMILES string of the molecule is O=C(NC1CCN(Cc2ccc(F)c(F)c2)CC1)[C@@H]1CCCN1C(=O)c1cccs1. The van der Waals surface area contributed by atoms with Gasteiger partial charge < -0.3 is 10.2 Å². The molecule has 0 bridgehead atoms. The molecule has 0 saturated carbocycles. The molecule has 3 heterocycles. The summed E-state index contributed by atoms with van der Waals surface area (Å²) in [5.41, 5.74) is 0.741. The highest BCUT2D eigenvalue weighted by Crippen LogP contribution is 2.23. The first kappa shape index (κ1) is 20.9. The van der Waals surface area contributed by atoms with E-state index in [0.717, 1.165) is 44.0 Å². The number of rotatable bonds is 5. The molecule has 1 atom stereocenters. The van der Waals surface area contributed by atoms with Gasteiger partial charge in [-0.15, -0.1) is 11.3 Å². The van der Waals surface area contributed by atoms with E-state index < -0.39 is 17.7 Å². The van der Waals surface area contributed by atoms with Crippen molar-refractivity contribution >= 4 is 23.2 Å². The number of hydrogen-bond acceptors (Lipinski definition) is 4. The van der Waals surface area contributed by atoms with Crippen molar-refractivity contribution < 1.29 is 18.4 Å². The van der Waals surface area contributed by atoms with Gasteiger partial charge in [0.25, 0.3) is 5.91 Å². The number of carbonyl (C=O) groups excluding carboxylic acids is 2. The lowest BCUT2D eigenvalue weighted by Crippen LogP contribution is -2.51. The number of hydrogen-bond donors (Lipinski definition) is 1. The van der Waals surface area contributed by atoms with Crippen LogP contribution in [0.3, 0.4) is 0 Å². The Kier molecular flexibility index (Phi) is 6.43. The molecule has 2 saturated heterocycles. The van der Waals surface area contributed by atoms with Crippen molar-refractivity contribution in [2.45, 2.75) is 44.3 Å². The Morgan fingerprint density at radius 3 is 2.57 bits per heavy atom. The van der Waals surface area contributed by atoms with E-state index in [1.54, 1.807) is 17.0 Å². The van der Waals surface area contributed by atoms with Crippen molar-refractivity contribution in [1.29, 1.82) is 0 Å². The molecule has 5 nitrogen and oxygen atoms in total. The third kappa shape index (κ3) is 4.70. The van der Waals surface area contributed by atoms with E-state index in [1.165, 1.54) is 17.4 Å². The van der Waals surface area contributed by atoms with Crippen LogP contribution in [0, 0.1) is 11.6 Å². The monoisotopic (exact) mass is 433 g/mol. The summed E-state index contributed by atoms with van der Waals surface area (Å²) < 4.78 is 26.5. The molecule has 30 heavy (non-hydrogen) atoms. The van der Waals surface area contributed by atoms with Crippen LogP contribution in [-0.4, -0.2) is 53.3 Å². The minimum Gasteiger partial charge on any atom is -0.351 e. The highest BCUT2D eigenvalue weighted by atomic mass is 32.1. The number of carbonyl (C=O) groups is 2. The number of amides is 2. The molecule has 4 rings (SSSR count). The average molecular weight is 434 g/mol. The largest absolute Gasteiger partial charge is 0.351 e. The molecule has 1 N–H and O–H groups in total. The van der Waals surface area contributed by atoms with Crippen molar-refractivity contribution in [1.82, 2.24) is 15.1 Å². The van der Waals surface area contributed by atoms with Gasteiger partial charge in [-0.3, -0.25) is 14.5 Å². The van der Waals surface area contributed by atoms with Crippen LogP contribution in [0.15, 0.2) is 35.7 Å². The maximum Gasteiger partial charge on any atom is 0.264 e. The maximum absolute atomic E-state index is 13.4. The smallest absolute Gasteiger partial charge is 0.264 e. The lowest BCUT2D eigenvalue weighted by molar-refractivity contribution is -0.125. The number of nitrogens with one attached hydrogen (secondary N) is 1. The number of nitrogens with zero attached hydrogens (tertiary/aromatic N) is 2. The zero-order chi connectivity index (χ0) is 21.1. The van der Waals surface area contributed by atoms with E-state index in [1.807, 2.05) is 11.4 Å². The Balaban J connectivity index is 1.27. The van der Waals surface area contributed by atoms with Crippen molar-refractivity contribution in [2.75, 3.05) is 19.6 Å². The van der Waals surface area contributed by atoms with Crippen LogP contribution in [0.4, 0.5) is 8.78 Å². The fourth-order valence-electron chi connectivity index (χ4n) is 4.25. The van der Waals surface area contributed by atoms with Crippen LogP contribution in [0.5, 0.6) is 0 Å². The summed E-state index contributed by atoms with van der Waals surface area (Å²) >= 11 is 1.40. The number of thiophene rings is 1. The van der Waals surface area contributed by atoms with E-state index in [-0.39, 0.29) is 17.9 Å². The van der Waals surface area contributed by atoms with Crippen LogP contribution in [0.2, 0.25) is 0 Å². The Bertz CT molecular complexity index is 898. The van der Waals surface area contributed by atoms with Crippen LogP contribution in [0.1, 0.15) is 40.9 Å². The summed E-state index contributed by atoms with van der Waals surface area (Å²) in [6, 6.07) is 7.30. The highest BCUT2D eigenvalue weighted by Gasteiger charge is 2.36. The summed E-state index contributed by atoms with van der Waals surface area (Å²) in [4.78, 5) is 30.1. The van der Waals surface area contributed by atoms with Gasteiger partial charge in [0, 0.05) is 32.2 Å².